The summed E-state index contributed by atoms with van der Waals surface area (Å²) in [5.41, 5.74) is 11.6. The van der Waals surface area contributed by atoms with Crippen LogP contribution in [0.1, 0.15) is 12.5 Å². The second-order valence-electron chi connectivity index (χ2n) is 3.89. The van der Waals surface area contributed by atoms with Gasteiger partial charge in [0.25, 0.3) is 0 Å². The Labute approximate surface area is 104 Å². The number of fused-ring (bicyclic) bond motifs is 1. The zero-order valence-corrected chi connectivity index (χ0v) is 9.96. The topological polar surface area (TPSA) is 97.0 Å². The fourth-order valence-corrected chi connectivity index (χ4v) is 1.73. The van der Waals surface area contributed by atoms with Crippen molar-refractivity contribution < 1.29 is 5.11 Å². The maximum absolute atomic E-state index is 10.2. The first-order chi connectivity index (χ1) is 8.59. The summed E-state index contributed by atoms with van der Waals surface area (Å²) in [6.45, 7) is 1.73. The monoisotopic (exact) mass is 242 g/mol. The molecule has 2 rings (SSSR count). The molecule has 0 radical (unpaired) electrons. The molecule has 0 heterocycles. The van der Waals surface area contributed by atoms with Gasteiger partial charge in [-0.2, -0.15) is 5.10 Å². The van der Waals surface area contributed by atoms with Gasteiger partial charge in [0.1, 0.15) is 5.75 Å². The van der Waals surface area contributed by atoms with Crippen LogP contribution in [0, 0.1) is 0 Å². The average Bonchev–Trinajstić information content (AvgIpc) is 2.37. The molecule has 0 aromatic heterocycles. The fourth-order valence-electron chi connectivity index (χ4n) is 1.73. The van der Waals surface area contributed by atoms with Crippen LogP contribution in [0.2, 0.25) is 0 Å². The third-order valence-electron chi connectivity index (χ3n) is 2.61. The predicted octanol–water partition coefficient (Wildman–Crippen LogP) is 1.54. The van der Waals surface area contributed by atoms with E-state index in [9.17, 15) is 5.11 Å². The average molecular weight is 242 g/mol. The van der Waals surface area contributed by atoms with Crippen LogP contribution in [0.3, 0.4) is 0 Å². The van der Waals surface area contributed by atoms with Crippen LogP contribution in [0.25, 0.3) is 10.8 Å². The molecule has 18 heavy (non-hydrogen) atoms. The molecule has 0 amide bonds. The lowest BCUT2D eigenvalue weighted by Gasteiger charge is -2.06. The van der Waals surface area contributed by atoms with E-state index in [0.29, 0.717) is 11.3 Å². The van der Waals surface area contributed by atoms with Crippen molar-refractivity contribution in [2.24, 2.45) is 21.7 Å². The molecular formula is C13H14N4O. The Bertz CT molecular complexity index is 642. The Morgan fingerprint density at radius 2 is 1.78 bits per heavy atom. The zero-order chi connectivity index (χ0) is 13.1. The summed E-state index contributed by atoms with van der Waals surface area (Å²) in [6.07, 6.45) is 0. The second-order valence-corrected chi connectivity index (χ2v) is 3.89. The molecule has 0 aliphatic carbocycles. The molecule has 0 fully saturated rings. The van der Waals surface area contributed by atoms with Gasteiger partial charge < -0.3 is 16.6 Å². The van der Waals surface area contributed by atoms with Gasteiger partial charge in [-0.3, -0.25) is 0 Å². The molecule has 2 aromatic carbocycles. The number of phenols is 1. The number of hydrogen-bond donors (Lipinski definition) is 3. The molecule has 0 atom stereocenters. The van der Waals surface area contributed by atoms with E-state index < -0.39 is 0 Å². The van der Waals surface area contributed by atoms with E-state index in [0.717, 1.165) is 10.8 Å². The Morgan fingerprint density at radius 1 is 1.06 bits per heavy atom. The molecule has 0 saturated heterocycles. The molecule has 0 aliphatic heterocycles. The minimum atomic E-state index is -0.116. The molecule has 92 valence electrons. The molecule has 5 N–H and O–H groups in total. The van der Waals surface area contributed by atoms with Gasteiger partial charge in [0.05, 0.1) is 5.71 Å². The van der Waals surface area contributed by atoms with Crippen LogP contribution in [-0.2, 0) is 0 Å². The first kappa shape index (κ1) is 11.9. The van der Waals surface area contributed by atoms with Crippen molar-refractivity contribution in [1.82, 2.24) is 0 Å². The van der Waals surface area contributed by atoms with Gasteiger partial charge in [-0.05, 0) is 18.4 Å². The molecule has 5 nitrogen and oxygen atoms in total. The number of benzene rings is 2. The minimum Gasteiger partial charge on any atom is -0.507 e. The molecule has 0 bridgehead atoms. The van der Waals surface area contributed by atoms with Gasteiger partial charge in [-0.25, -0.2) is 0 Å². The van der Waals surface area contributed by atoms with Crippen molar-refractivity contribution in [3.05, 3.63) is 42.0 Å². The highest BCUT2D eigenvalue weighted by Crippen LogP contribution is 2.28. The number of hydrogen-bond acceptors (Lipinski definition) is 3. The number of nitrogens with zero attached hydrogens (tertiary/aromatic N) is 2. The van der Waals surface area contributed by atoms with E-state index in [1.54, 1.807) is 13.0 Å². The number of rotatable bonds is 2. The van der Waals surface area contributed by atoms with Crippen molar-refractivity contribution in [1.29, 1.82) is 0 Å². The molecule has 0 unspecified atom stereocenters. The summed E-state index contributed by atoms with van der Waals surface area (Å²) >= 11 is 0. The number of nitrogens with two attached hydrogens (primary N) is 2. The van der Waals surface area contributed by atoms with Crippen molar-refractivity contribution in [2.45, 2.75) is 6.92 Å². The van der Waals surface area contributed by atoms with Crippen molar-refractivity contribution in [2.75, 3.05) is 0 Å². The van der Waals surface area contributed by atoms with Gasteiger partial charge >= 0.3 is 0 Å². The lowest BCUT2D eigenvalue weighted by molar-refractivity contribution is 0.480. The number of guanidine groups is 1. The highest BCUT2D eigenvalue weighted by atomic mass is 16.3. The normalized spacial score (nSPS) is 11.5. The van der Waals surface area contributed by atoms with Crippen LogP contribution in [-0.4, -0.2) is 16.8 Å². The smallest absolute Gasteiger partial charge is 0.211 e. The minimum absolute atomic E-state index is 0.116. The SMILES string of the molecule is CC(=NN=C(N)N)c1ccc2ccccc2c1O. The van der Waals surface area contributed by atoms with Crippen LogP contribution < -0.4 is 11.5 Å². The van der Waals surface area contributed by atoms with Gasteiger partial charge in [0, 0.05) is 10.9 Å². The van der Waals surface area contributed by atoms with E-state index in [1.807, 2.05) is 30.3 Å². The summed E-state index contributed by atoms with van der Waals surface area (Å²) in [4.78, 5) is 0. The summed E-state index contributed by atoms with van der Waals surface area (Å²) in [7, 11) is 0. The van der Waals surface area contributed by atoms with Crippen molar-refractivity contribution >= 4 is 22.4 Å². The lowest BCUT2D eigenvalue weighted by atomic mass is 10.0. The Hall–Kier alpha value is -2.56. The van der Waals surface area contributed by atoms with Crippen LogP contribution in [0.15, 0.2) is 46.6 Å². The zero-order valence-electron chi connectivity index (χ0n) is 9.96. The standard InChI is InChI=1S/C13H14N4O/c1-8(16-17-13(14)15)10-7-6-9-4-2-3-5-11(9)12(10)18/h2-7,18H,1H3,(H4,14,15,17). The summed E-state index contributed by atoms with van der Waals surface area (Å²) in [5, 5.41) is 19.4. The summed E-state index contributed by atoms with van der Waals surface area (Å²) < 4.78 is 0. The van der Waals surface area contributed by atoms with E-state index in [4.69, 9.17) is 11.5 Å². The Balaban J connectivity index is 2.56. The molecule has 0 aliphatic rings. The molecular weight excluding hydrogens is 228 g/mol. The van der Waals surface area contributed by atoms with Crippen LogP contribution in [0.5, 0.6) is 5.75 Å². The van der Waals surface area contributed by atoms with E-state index >= 15 is 0 Å². The van der Waals surface area contributed by atoms with E-state index in [-0.39, 0.29) is 11.7 Å². The van der Waals surface area contributed by atoms with E-state index in [1.165, 1.54) is 0 Å². The van der Waals surface area contributed by atoms with Gasteiger partial charge in [-0.15, -0.1) is 5.10 Å². The largest absolute Gasteiger partial charge is 0.507 e. The highest BCUT2D eigenvalue weighted by Gasteiger charge is 2.08. The van der Waals surface area contributed by atoms with Crippen molar-refractivity contribution in [3.8, 4) is 5.75 Å². The van der Waals surface area contributed by atoms with Crippen molar-refractivity contribution in [3.63, 3.8) is 0 Å². The Kier molecular flexibility index (Phi) is 3.14. The quantitative estimate of drug-likeness (QED) is 0.423. The third-order valence-corrected chi connectivity index (χ3v) is 2.61. The lowest BCUT2D eigenvalue weighted by Crippen LogP contribution is -2.22. The van der Waals surface area contributed by atoms with Crippen LogP contribution in [0.4, 0.5) is 0 Å². The Morgan fingerprint density at radius 3 is 2.50 bits per heavy atom. The van der Waals surface area contributed by atoms with E-state index in [2.05, 4.69) is 10.2 Å². The second kappa shape index (κ2) is 4.75. The van der Waals surface area contributed by atoms with Crippen LogP contribution >= 0.6 is 0 Å². The highest BCUT2D eigenvalue weighted by molar-refractivity contribution is 6.06. The maximum atomic E-state index is 10.2. The van der Waals surface area contributed by atoms with Gasteiger partial charge in [0.2, 0.25) is 5.96 Å². The summed E-state index contributed by atoms with van der Waals surface area (Å²) in [5.74, 6) is 0.0646. The molecule has 0 saturated carbocycles. The van der Waals surface area contributed by atoms with Gasteiger partial charge in [0.15, 0.2) is 0 Å². The molecule has 2 aromatic rings. The first-order valence-electron chi connectivity index (χ1n) is 5.44. The first-order valence-corrected chi connectivity index (χ1v) is 5.44. The summed E-state index contributed by atoms with van der Waals surface area (Å²) in [6, 6.07) is 11.3. The molecule has 0 spiro atoms. The maximum Gasteiger partial charge on any atom is 0.211 e. The molecule has 5 heteroatoms. The fraction of sp³-hybridized carbons (Fsp3) is 0.0769. The number of phenolic OH excluding ortho intramolecular Hbond substituents is 1. The third kappa shape index (κ3) is 2.24. The predicted molar refractivity (Wildman–Crippen MR) is 73.6 cm³/mol. The van der Waals surface area contributed by atoms with Gasteiger partial charge in [-0.1, -0.05) is 30.3 Å². The number of aromatic hydroxyl groups is 1.